The van der Waals surface area contributed by atoms with E-state index in [0.29, 0.717) is 56.8 Å². The van der Waals surface area contributed by atoms with E-state index in [1.54, 1.807) is 42.3 Å². The molecule has 3 aliphatic rings. The Labute approximate surface area is 269 Å². The molecule has 3 aromatic rings. The Hall–Kier alpha value is -4.31. The molecule has 0 bridgehead atoms. The Morgan fingerprint density at radius 2 is 1.57 bits per heavy atom. The summed E-state index contributed by atoms with van der Waals surface area (Å²) < 4.78 is 20.3. The number of amides is 2. The molecule has 6 rings (SSSR count). The third kappa shape index (κ3) is 7.39. The molecular formula is C36H42FN5O4. The topological polar surface area (TPSA) is 95.1 Å². The van der Waals surface area contributed by atoms with Crippen molar-refractivity contribution in [2.45, 2.75) is 50.9 Å². The summed E-state index contributed by atoms with van der Waals surface area (Å²) in [6, 6.07) is 18.2. The predicted molar refractivity (Wildman–Crippen MR) is 174 cm³/mol. The van der Waals surface area contributed by atoms with Crippen LogP contribution in [-0.2, 0) is 6.54 Å². The largest absolute Gasteiger partial charge is 0.497 e. The third-order valence-electron chi connectivity index (χ3n) is 9.53. The second-order valence-electron chi connectivity index (χ2n) is 12.6. The number of halogens is 1. The number of hydrogen-bond acceptors (Lipinski definition) is 7. The van der Waals surface area contributed by atoms with Gasteiger partial charge in [-0.25, -0.2) is 4.39 Å². The number of rotatable bonds is 9. The van der Waals surface area contributed by atoms with Crippen LogP contribution >= 0.6 is 0 Å². The standard InChI is InChI=1S/C36H42FN5O4/c1-46-30-11-6-26(7-12-30)34(43)27-14-20-42(21-15-27)36(45)33-13-8-28(22-38-33)35(44)39-32-16-19-40(24-31(32)37)23-25-4-9-29(10-5-25)41-17-2-3-18-41/h4-13,22,27,31-32H,2-3,14-21,23-24H2,1H3,(H,39,44)/t31-,32-/m1/s1. The summed E-state index contributed by atoms with van der Waals surface area (Å²) in [6.07, 6.45) is 4.33. The molecule has 0 saturated carbocycles. The second-order valence-corrected chi connectivity index (χ2v) is 12.6. The highest BCUT2D eigenvalue weighted by Gasteiger charge is 2.32. The smallest absolute Gasteiger partial charge is 0.272 e. The molecular weight excluding hydrogens is 585 g/mol. The van der Waals surface area contributed by atoms with Crippen LogP contribution in [0.3, 0.4) is 0 Å². The average molecular weight is 628 g/mol. The van der Waals surface area contributed by atoms with E-state index in [1.807, 2.05) is 0 Å². The predicted octanol–water partition coefficient (Wildman–Crippen LogP) is 4.77. The first-order valence-electron chi connectivity index (χ1n) is 16.3. The molecule has 0 spiro atoms. The highest BCUT2D eigenvalue weighted by atomic mass is 19.1. The van der Waals surface area contributed by atoms with Gasteiger partial charge in [-0.3, -0.25) is 24.3 Å². The lowest BCUT2D eigenvalue weighted by molar-refractivity contribution is 0.0645. The molecule has 2 amide bonds. The maximum Gasteiger partial charge on any atom is 0.272 e. The lowest BCUT2D eigenvalue weighted by Crippen LogP contribution is -2.52. The maximum absolute atomic E-state index is 15.2. The Morgan fingerprint density at radius 1 is 0.870 bits per heavy atom. The number of hydrogen-bond donors (Lipinski definition) is 1. The molecule has 10 heteroatoms. The van der Waals surface area contributed by atoms with Crippen molar-refractivity contribution in [3.63, 3.8) is 0 Å². The zero-order chi connectivity index (χ0) is 32.0. The lowest BCUT2D eigenvalue weighted by Gasteiger charge is -2.35. The molecule has 0 unspecified atom stereocenters. The fourth-order valence-electron chi connectivity index (χ4n) is 6.72. The summed E-state index contributed by atoms with van der Waals surface area (Å²) in [5, 5.41) is 2.83. The maximum atomic E-state index is 15.2. The Kier molecular flexibility index (Phi) is 9.92. The number of Topliss-reactive ketones (excluding diaryl/α,β-unsaturated/α-hetero) is 1. The van der Waals surface area contributed by atoms with Crippen molar-refractivity contribution in [3.05, 3.63) is 89.2 Å². The number of piperidine rings is 2. The highest BCUT2D eigenvalue weighted by Crippen LogP contribution is 2.25. The number of methoxy groups -OCH3 is 1. The monoisotopic (exact) mass is 627 g/mol. The Balaban J connectivity index is 0.950. The number of ether oxygens (including phenoxy) is 1. The summed E-state index contributed by atoms with van der Waals surface area (Å²) in [6.45, 7) is 4.75. The quantitative estimate of drug-likeness (QED) is 0.342. The molecule has 46 heavy (non-hydrogen) atoms. The number of pyridine rings is 1. The minimum absolute atomic E-state index is 0.0759. The van der Waals surface area contributed by atoms with Gasteiger partial charge in [-0.15, -0.1) is 0 Å². The summed E-state index contributed by atoms with van der Waals surface area (Å²) in [5.74, 6) is -0.00145. The van der Waals surface area contributed by atoms with Crippen molar-refractivity contribution < 1.29 is 23.5 Å². The Bertz CT molecular complexity index is 1500. The first kappa shape index (κ1) is 31.7. The second kappa shape index (κ2) is 14.4. The van der Waals surface area contributed by atoms with Crippen LogP contribution in [0.1, 0.15) is 68.9 Å². The molecule has 2 aromatic carbocycles. The molecule has 3 saturated heterocycles. The minimum atomic E-state index is -1.19. The SMILES string of the molecule is COc1ccc(C(=O)C2CCN(C(=O)c3ccc(C(=O)N[C@@H]4CCN(Cc5ccc(N6CCCC6)cc5)C[C@H]4F)cn3)CC2)cc1. The molecule has 2 atom stereocenters. The van der Waals surface area contributed by atoms with E-state index in [-0.39, 0.29) is 35.4 Å². The van der Waals surface area contributed by atoms with Gasteiger partial charge in [0.05, 0.1) is 18.7 Å². The van der Waals surface area contributed by atoms with Gasteiger partial charge in [0, 0.05) is 69.2 Å². The zero-order valence-electron chi connectivity index (χ0n) is 26.4. The van der Waals surface area contributed by atoms with Crippen LogP contribution in [0.15, 0.2) is 66.9 Å². The van der Waals surface area contributed by atoms with Crippen molar-refractivity contribution in [3.8, 4) is 5.75 Å². The summed E-state index contributed by atoms with van der Waals surface area (Å²) >= 11 is 0. The molecule has 4 heterocycles. The average Bonchev–Trinajstić information content (AvgIpc) is 3.65. The van der Waals surface area contributed by atoms with Gasteiger partial charge < -0.3 is 19.9 Å². The molecule has 3 aliphatic heterocycles. The van der Waals surface area contributed by atoms with Gasteiger partial charge in [0.1, 0.15) is 17.6 Å². The van der Waals surface area contributed by atoms with E-state index in [2.05, 4.69) is 44.4 Å². The van der Waals surface area contributed by atoms with Crippen molar-refractivity contribution in [1.82, 2.24) is 20.1 Å². The van der Waals surface area contributed by atoms with Crippen LogP contribution < -0.4 is 15.0 Å². The molecule has 1 N–H and O–H groups in total. The number of benzene rings is 2. The number of ketones is 1. The van der Waals surface area contributed by atoms with Crippen molar-refractivity contribution in [2.24, 2.45) is 5.92 Å². The van der Waals surface area contributed by atoms with E-state index < -0.39 is 18.1 Å². The van der Waals surface area contributed by atoms with Crippen LogP contribution in [0.4, 0.5) is 10.1 Å². The number of aromatic nitrogens is 1. The number of nitrogens with one attached hydrogen (secondary N) is 1. The fraction of sp³-hybridized carbons (Fsp3) is 0.444. The van der Waals surface area contributed by atoms with Gasteiger partial charge in [-0.2, -0.15) is 0 Å². The third-order valence-corrected chi connectivity index (χ3v) is 9.53. The van der Waals surface area contributed by atoms with Gasteiger partial charge in [-0.05, 0) is 86.2 Å². The van der Waals surface area contributed by atoms with Gasteiger partial charge in [0.25, 0.3) is 11.8 Å². The van der Waals surface area contributed by atoms with E-state index in [0.717, 1.165) is 18.7 Å². The van der Waals surface area contributed by atoms with Gasteiger partial charge >= 0.3 is 0 Å². The number of nitrogens with zero attached hydrogens (tertiary/aromatic N) is 4. The van der Waals surface area contributed by atoms with Gasteiger partial charge in [0.15, 0.2) is 5.78 Å². The molecule has 0 aliphatic carbocycles. The Morgan fingerprint density at radius 3 is 2.20 bits per heavy atom. The molecule has 3 fully saturated rings. The summed E-state index contributed by atoms with van der Waals surface area (Å²) in [7, 11) is 1.59. The number of carbonyl (C=O) groups excluding carboxylic acids is 3. The van der Waals surface area contributed by atoms with Crippen LogP contribution in [0.25, 0.3) is 0 Å². The number of anilines is 1. The normalized spacial score (nSPS) is 20.8. The summed E-state index contributed by atoms with van der Waals surface area (Å²) in [5.41, 5.74) is 3.57. The lowest BCUT2D eigenvalue weighted by atomic mass is 9.88. The van der Waals surface area contributed by atoms with Crippen LogP contribution in [0, 0.1) is 5.92 Å². The van der Waals surface area contributed by atoms with Crippen LogP contribution in [-0.4, -0.2) is 91.0 Å². The molecule has 9 nitrogen and oxygen atoms in total. The van der Waals surface area contributed by atoms with Crippen molar-refractivity contribution in [1.29, 1.82) is 0 Å². The first-order chi connectivity index (χ1) is 22.4. The van der Waals surface area contributed by atoms with Crippen LogP contribution in [0.5, 0.6) is 5.75 Å². The fourth-order valence-corrected chi connectivity index (χ4v) is 6.72. The van der Waals surface area contributed by atoms with E-state index in [4.69, 9.17) is 4.74 Å². The van der Waals surface area contributed by atoms with Crippen molar-refractivity contribution >= 4 is 23.3 Å². The van der Waals surface area contributed by atoms with Gasteiger partial charge in [0.2, 0.25) is 0 Å². The molecule has 1 aromatic heterocycles. The van der Waals surface area contributed by atoms with Crippen molar-refractivity contribution in [2.75, 3.05) is 51.3 Å². The summed E-state index contributed by atoms with van der Waals surface area (Å²) in [4.78, 5) is 49.4. The van der Waals surface area contributed by atoms with E-state index in [9.17, 15) is 14.4 Å². The minimum Gasteiger partial charge on any atom is -0.497 e. The number of carbonyl (C=O) groups is 3. The number of alkyl halides is 1. The van der Waals surface area contributed by atoms with E-state index in [1.165, 1.54) is 30.8 Å². The first-order valence-corrected chi connectivity index (χ1v) is 16.3. The van der Waals surface area contributed by atoms with E-state index >= 15 is 4.39 Å². The zero-order valence-corrected chi connectivity index (χ0v) is 26.4. The van der Waals surface area contributed by atoms with Crippen LogP contribution in [0.2, 0.25) is 0 Å². The van der Waals surface area contributed by atoms with Gasteiger partial charge in [-0.1, -0.05) is 12.1 Å². The molecule has 242 valence electrons. The molecule has 0 radical (unpaired) electrons. The highest BCUT2D eigenvalue weighted by molar-refractivity contribution is 5.99. The number of likely N-dealkylation sites (tertiary alicyclic amines) is 2.